The van der Waals surface area contributed by atoms with E-state index in [1.807, 2.05) is 6.92 Å². The number of hydrogen-bond donors (Lipinski definition) is 0. The van der Waals surface area contributed by atoms with Crippen LogP contribution >= 0.6 is 11.6 Å². The second-order valence-corrected chi connectivity index (χ2v) is 9.73. The molecule has 1 fully saturated rings. The third-order valence-electron chi connectivity index (χ3n) is 3.38. The van der Waals surface area contributed by atoms with Gasteiger partial charge >= 0.3 is 0 Å². The van der Waals surface area contributed by atoms with Gasteiger partial charge in [0.15, 0.2) is 0 Å². The van der Waals surface area contributed by atoms with Gasteiger partial charge in [0.2, 0.25) is 10.0 Å². The van der Waals surface area contributed by atoms with Gasteiger partial charge in [0.1, 0.15) is 9.84 Å². The number of hydrogen-bond acceptors (Lipinski definition) is 4. The van der Waals surface area contributed by atoms with E-state index < -0.39 is 25.1 Å². The van der Waals surface area contributed by atoms with Crippen LogP contribution in [0.1, 0.15) is 32.6 Å². The Bertz CT molecular complexity index is 461. The molecule has 1 aliphatic rings. The fraction of sp³-hybridized carbons (Fsp3) is 1.00. The topological polar surface area (TPSA) is 71.5 Å². The van der Waals surface area contributed by atoms with Crippen molar-refractivity contribution in [2.75, 3.05) is 30.5 Å². The maximum Gasteiger partial charge on any atom is 0.217 e. The summed E-state index contributed by atoms with van der Waals surface area (Å²) in [5.41, 5.74) is 0. The third kappa shape index (κ3) is 4.88. The number of sulfonamides is 1. The van der Waals surface area contributed by atoms with E-state index in [1.54, 1.807) is 0 Å². The molecule has 0 amide bonds. The number of nitrogens with zero attached hydrogens (tertiary/aromatic N) is 1. The molecular formula is C11H22ClNO4S2. The van der Waals surface area contributed by atoms with Crippen LogP contribution in [0.25, 0.3) is 0 Å². The van der Waals surface area contributed by atoms with E-state index in [0.717, 1.165) is 12.8 Å². The molecular weight excluding hydrogens is 310 g/mol. The fourth-order valence-corrected chi connectivity index (χ4v) is 6.25. The van der Waals surface area contributed by atoms with Crippen LogP contribution in [-0.2, 0) is 19.9 Å². The summed E-state index contributed by atoms with van der Waals surface area (Å²) in [4.78, 5) is 0. The van der Waals surface area contributed by atoms with E-state index in [2.05, 4.69) is 0 Å². The predicted octanol–water partition coefficient (Wildman–Crippen LogP) is 1.23. The Morgan fingerprint density at radius 2 is 1.79 bits per heavy atom. The number of sulfone groups is 1. The van der Waals surface area contributed by atoms with Crippen LogP contribution in [-0.4, -0.2) is 56.9 Å². The molecule has 1 aliphatic heterocycles. The van der Waals surface area contributed by atoms with Gasteiger partial charge in [0, 0.05) is 19.0 Å². The lowest BCUT2D eigenvalue weighted by atomic mass is 10.2. The summed E-state index contributed by atoms with van der Waals surface area (Å²) in [6, 6.07) is 0. The van der Waals surface area contributed by atoms with Crippen molar-refractivity contribution in [1.29, 1.82) is 0 Å². The molecule has 0 radical (unpaired) electrons. The Labute approximate surface area is 121 Å². The van der Waals surface area contributed by atoms with Crippen molar-refractivity contribution in [1.82, 2.24) is 4.31 Å². The zero-order valence-corrected chi connectivity index (χ0v) is 13.6. The Hall–Kier alpha value is 0.150. The van der Waals surface area contributed by atoms with E-state index in [9.17, 15) is 16.8 Å². The average molecular weight is 332 g/mol. The van der Waals surface area contributed by atoms with Gasteiger partial charge in [0.05, 0.1) is 16.8 Å². The maximum absolute atomic E-state index is 12.5. The Morgan fingerprint density at radius 1 is 1.21 bits per heavy atom. The first-order chi connectivity index (χ1) is 8.83. The van der Waals surface area contributed by atoms with E-state index >= 15 is 0 Å². The zero-order chi connectivity index (χ0) is 14.5. The lowest BCUT2D eigenvalue weighted by molar-refractivity contribution is 0.408. The van der Waals surface area contributed by atoms with E-state index in [1.165, 1.54) is 4.31 Å². The van der Waals surface area contributed by atoms with Crippen LogP contribution in [0.4, 0.5) is 0 Å². The minimum atomic E-state index is -3.42. The number of halogens is 1. The van der Waals surface area contributed by atoms with Gasteiger partial charge < -0.3 is 0 Å². The van der Waals surface area contributed by atoms with Gasteiger partial charge in [-0.05, 0) is 19.3 Å². The minimum absolute atomic E-state index is 0.0284. The summed E-state index contributed by atoms with van der Waals surface area (Å²) < 4.78 is 49.1. The molecule has 0 N–H and O–H groups in total. The summed E-state index contributed by atoms with van der Waals surface area (Å²) in [7, 11) is -6.46. The van der Waals surface area contributed by atoms with Crippen molar-refractivity contribution in [2.24, 2.45) is 0 Å². The Kier molecular flexibility index (Phi) is 6.56. The first-order valence-corrected chi connectivity index (χ1v) is 10.4. The quantitative estimate of drug-likeness (QED) is 0.658. The van der Waals surface area contributed by atoms with Gasteiger partial charge in [-0.1, -0.05) is 13.3 Å². The normalized spacial score (nSPS) is 20.8. The van der Waals surface area contributed by atoms with Gasteiger partial charge in [-0.25, -0.2) is 21.1 Å². The van der Waals surface area contributed by atoms with E-state index in [0.29, 0.717) is 13.1 Å². The predicted molar refractivity (Wildman–Crippen MR) is 77.8 cm³/mol. The van der Waals surface area contributed by atoms with Crippen LogP contribution in [0.2, 0.25) is 0 Å². The summed E-state index contributed by atoms with van der Waals surface area (Å²) in [6.45, 7) is 2.76. The molecule has 0 aromatic rings. The summed E-state index contributed by atoms with van der Waals surface area (Å²) in [6.07, 6.45) is 2.11. The highest BCUT2D eigenvalue weighted by molar-refractivity contribution is 7.92. The molecule has 114 valence electrons. The standard InChI is InChI=1S/C11H22ClNO4S2/c1-2-3-7-13(8-6-12)19(16,17)11-4-9-18(14,15)10-5-11/h11H,2-10H2,1H3. The molecule has 1 rings (SSSR count). The molecule has 0 atom stereocenters. The molecule has 1 saturated heterocycles. The molecule has 0 bridgehead atoms. The second-order valence-electron chi connectivity index (χ2n) is 4.84. The molecule has 5 nitrogen and oxygen atoms in total. The SMILES string of the molecule is CCCCN(CCCl)S(=O)(=O)C1CCS(=O)(=O)CC1. The van der Waals surface area contributed by atoms with Crippen molar-refractivity contribution in [3.63, 3.8) is 0 Å². The number of alkyl halides is 1. The van der Waals surface area contributed by atoms with Crippen LogP contribution in [0, 0.1) is 0 Å². The van der Waals surface area contributed by atoms with Crippen molar-refractivity contribution >= 4 is 31.5 Å². The summed E-state index contributed by atoms with van der Waals surface area (Å²) in [5, 5.41) is -0.573. The molecule has 1 heterocycles. The molecule has 0 aliphatic carbocycles. The fourth-order valence-electron chi connectivity index (χ4n) is 2.17. The van der Waals surface area contributed by atoms with Crippen LogP contribution in [0.5, 0.6) is 0 Å². The molecule has 0 saturated carbocycles. The van der Waals surface area contributed by atoms with Crippen LogP contribution in [0.15, 0.2) is 0 Å². The van der Waals surface area contributed by atoms with Crippen molar-refractivity contribution < 1.29 is 16.8 Å². The van der Waals surface area contributed by atoms with Gasteiger partial charge in [0.25, 0.3) is 0 Å². The maximum atomic E-state index is 12.5. The number of unbranched alkanes of at least 4 members (excludes halogenated alkanes) is 1. The average Bonchev–Trinajstić information content (AvgIpc) is 2.33. The van der Waals surface area contributed by atoms with E-state index in [-0.39, 0.29) is 30.2 Å². The Morgan fingerprint density at radius 3 is 2.26 bits per heavy atom. The molecule has 0 aromatic carbocycles. The monoisotopic (exact) mass is 331 g/mol. The van der Waals surface area contributed by atoms with Crippen molar-refractivity contribution in [3.8, 4) is 0 Å². The summed E-state index contributed by atoms with van der Waals surface area (Å²) >= 11 is 5.66. The zero-order valence-electron chi connectivity index (χ0n) is 11.2. The van der Waals surface area contributed by atoms with Gasteiger partial charge in [-0.15, -0.1) is 11.6 Å². The third-order valence-corrected chi connectivity index (χ3v) is 7.66. The molecule has 0 aromatic heterocycles. The molecule has 0 unspecified atom stereocenters. The van der Waals surface area contributed by atoms with Crippen molar-refractivity contribution in [3.05, 3.63) is 0 Å². The van der Waals surface area contributed by atoms with Crippen molar-refractivity contribution in [2.45, 2.75) is 37.9 Å². The lowest BCUT2D eigenvalue weighted by Crippen LogP contribution is -2.43. The van der Waals surface area contributed by atoms with Crippen LogP contribution < -0.4 is 0 Å². The smallest absolute Gasteiger partial charge is 0.217 e. The molecule has 8 heteroatoms. The van der Waals surface area contributed by atoms with Gasteiger partial charge in [-0.2, -0.15) is 0 Å². The first-order valence-electron chi connectivity index (χ1n) is 6.59. The highest BCUT2D eigenvalue weighted by atomic mass is 35.5. The highest BCUT2D eigenvalue weighted by Gasteiger charge is 2.36. The molecule has 0 spiro atoms. The lowest BCUT2D eigenvalue weighted by Gasteiger charge is -2.29. The first kappa shape index (κ1) is 17.2. The number of rotatable bonds is 7. The Balaban J connectivity index is 2.76. The summed E-state index contributed by atoms with van der Waals surface area (Å²) in [5.74, 6) is 0.201. The van der Waals surface area contributed by atoms with E-state index in [4.69, 9.17) is 11.6 Å². The van der Waals surface area contributed by atoms with Gasteiger partial charge in [-0.3, -0.25) is 0 Å². The largest absolute Gasteiger partial charge is 0.229 e. The second kappa shape index (κ2) is 7.24. The minimum Gasteiger partial charge on any atom is -0.229 e. The van der Waals surface area contributed by atoms with Crippen LogP contribution in [0.3, 0.4) is 0 Å². The highest BCUT2D eigenvalue weighted by Crippen LogP contribution is 2.22. The molecule has 19 heavy (non-hydrogen) atoms.